The molecule has 1 amide bonds. The maximum absolute atomic E-state index is 12.4. The number of nitrogens with zero attached hydrogens (tertiary/aromatic N) is 2. The number of fused-ring (bicyclic) bond motifs is 1. The number of aryl methyl sites for hydroxylation is 1. The van der Waals surface area contributed by atoms with E-state index in [9.17, 15) is 4.79 Å². The van der Waals surface area contributed by atoms with Gasteiger partial charge in [0.2, 0.25) is 0 Å². The molecule has 0 saturated heterocycles. The van der Waals surface area contributed by atoms with Crippen molar-refractivity contribution >= 4 is 5.91 Å². The number of carbonyl (C=O) groups excluding carboxylic acids is 1. The first kappa shape index (κ1) is 17.0. The van der Waals surface area contributed by atoms with Crippen LogP contribution in [0.3, 0.4) is 0 Å². The topological polar surface area (TPSA) is 73.3 Å². The summed E-state index contributed by atoms with van der Waals surface area (Å²) in [4.78, 5) is 20.4. The van der Waals surface area contributed by atoms with Crippen LogP contribution < -0.4 is 14.8 Å². The Morgan fingerprint density at radius 3 is 2.74 bits per heavy atom. The predicted molar refractivity (Wildman–Crippen MR) is 100.0 cm³/mol. The highest BCUT2D eigenvalue weighted by molar-refractivity contribution is 5.94. The summed E-state index contributed by atoms with van der Waals surface area (Å²) in [5.74, 6) is 1.40. The van der Waals surface area contributed by atoms with Gasteiger partial charge in [-0.3, -0.25) is 4.79 Å². The normalized spacial score (nSPS) is 12.6. The highest BCUT2D eigenvalue weighted by atomic mass is 16.5. The summed E-state index contributed by atoms with van der Waals surface area (Å²) in [7, 11) is 0. The Morgan fingerprint density at radius 1 is 1.11 bits per heavy atom. The molecule has 0 fully saturated rings. The second kappa shape index (κ2) is 7.86. The molecule has 6 heteroatoms. The van der Waals surface area contributed by atoms with Gasteiger partial charge in [-0.05, 0) is 60.4 Å². The molecule has 136 valence electrons. The fourth-order valence-corrected chi connectivity index (χ4v) is 2.93. The van der Waals surface area contributed by atoms with Gasteiger partial charge in [0.1, 0.15) is 11.5 Å². The summed E-state index contributed by atoms with van der Waals surface area (Å²) in [5.41, 5.74) is 2.84. The van der Waals surface area contributed by atoms with E-state index in [1.54, 1.807) is 42.7 Å². The monoisotopic (exact) mass is 361 g/mol. The van der Waals surface area contributed by atoms with E-state index >= 15 is 0 Å². The number of benzene rings is 2. The Morgan fingerprint density at radius 2 is 1.93 bits per heavy atom. The third kappa shape index (κ3) is 4.23. The van der Waals surface area contributed by atoms with Crippen LogP contribution in [-0.4, -0.2) is 22.5 Å². The summed E-state index contributed by atoms with van der Waals surface area (Å²) in [5, 5.41) is 2.95. The number of nitrogens with one attached hydrogen (secondary N) is 1. The zero-order valence-corrected chi connectivity index (χ0v) is 14.7. The molecule has 0 aliphatic carbocycles. The second-order valence-corrected chi connectivity index (χ2v) is 6.23. The highest BCUT2D eigenvalue weighted by Crippen LogP contribution is 2.25. The molecule has 1 N–H and O–H groups in total. The van der Waals surface area contributed by atoms with Crippen LogP contribution in [0, 0.1) is 0 Å². The average molecular weight is 361 g/mol. The lowest BCUT2D eigenvalue weighted by Gasteiger charge is -2.18. The van der Waals surface area contributed by atoms with Gasteiger partial charge in [-0.25, -0.2) is 9.97 Å². The van der Waals surface area contributed by atoms with Crippen LogP contribution in [0.4, 0.5) is 0 Å². The van der Waals surface area contributed by atoms with Crippen molar-refractivity contribution < 1.29 is 14.3 Å². The van der Waals surface area contributed by atoms with Gasteiger partial charge in [0.05, 0.1) is 6.61 Å². The quantitative estimate of drug-likeness (QED) is 0.753. The standard InChI is InChI=1S/C21H19N3O3/c25-20(24-14-15-4-9-19-17(13-15)3-1-12-26-19)16-5-7-18(8-6-16)27-21-22-10-2-11-23-21/h2,4-11,13H,1,3,12,14H2,(H,24,25). The maximum Gasteiger partial charge on any atom is 0.321 e. The molecule has 0 spiro atoms. The van der Waals surface area contributed by atoms with Gasteiger partial charge >= 0.3 is 6.01 Å². The summed E-state index contributed by atoms with van der Waals surface area (Å²) >= 11 is 0. The Labute approximate surface area is 157 Å². The van der Waals surface area contributed by atoms with E-state index in [1.165, 1.54) is 5.56 Å². The molecule has 2 heterocycles. The van der Waals surface area contributed by atoms with E-state index in [-0.39, 0.29) is 11.9 Å². The number of hydrogen-bond donors (Lipinski definition) is 1. The van der Waals surface area contributed by atoms with Crippen molar-refractivity contribution in [3.05, 3.63) is 77.6 Å². The summed E-state index contributed by atoms with van der Waals surface area (Å²) in [6.45, 7) is 1.25. The van der Waals surface area contributed by atoms with Gasteiger partial charge in [-0.2, -0.15) is 0 Å². The average Bonchev–Trinajstić information content (AvgIpc) is 2.73. The van der Waals surface area contributed by atoms with Gasteiger partial charge in [0, 0.05) is 24.5 Å². The van der Waals surface area contributed by atoms with Crippen LogP contribution in [0.25, 0.3) is 0 Å². The molecule has 3 aromatic rings. The molecule has 27 heavy (non-hydrogen) atoms. The van der Waals surface area contributed by atoms with E-state index in [2.05, 4.69) is 21.4 Å². The minimum Gasteiger partial charge on any atom is -0.493 e. The third-order valence-corrected chi connectivity index (χ3v) is 4.29. The van der Waals surface area contributed by atoms with E-state index in [0.29, 0.717) is 17.9 Å². The van der Waals surface area contributed by atoms with Crippen LogP contribution in [-0.2, 0) is 13.0 Å². The zero-order valence-electron chi connectivity index (χ0n) is 14.7. The lowest BCUT2D eigenvalue weighted by atomic mass is 10.0. The minimum atomic E-state index is -0.133. The van der Waals surface area contributed by atoms with Crippen LogP contribution in [0.1, 0.15) is 27.9 Å². The molecule has 0 radical (unpaired) electrons. The molecule has 6 nitrogen and oxygen atoms in total. The predicted octanol–water partition coefficient (Wildman–Crippen LogP) is 3.52. The fourth-order valence-electron chi connectivity index (χ4n) is 2.93. The molecule has 2 aromatic carbocycles. The van der Waals surface area contributed by atoms with Gasteiger partial charge in [0.25, 0.3) is 5.91 Å². The van der Waals surface area contributed by atoms with Crippen molar-refractivity contribution in [2.75, 3.05) is 6.61 Å². The number of amides is 1. The van der Waals surface area contributed by atoms with Gasteiger partial charge in [-0.1, -0.05) is 12.1 Å². The first-order valence-corrected chi connectivity index (χ1v) is 8.86. The Bertz CT molecular complexity index is 927. The molecule has 1 aliphatic rings. The van der Waals surface area contributed by atoms with E-state index in [4.69, 9.17) is 9.47 Å². The van der Waals surface area contributed by atoms with E-state index in [0.717, 1.165) is 30.8 Å². The lowest BCUT2D eigenvalue weighted by Crippen LogP contribution is -2.23. The van der Waals surface area contributed by atoms with Crippen molar-refractivity contribution in [2.45, 2.75) is 19.4 Å². The highest BCUT2D eigenvalue weighted by Gasteiger charge is 2.11. The summed E-state index contributed by atoms with van der Waals surface area (Å²) in [6.07, 6.45) is 5.27. The van der Waals surface area contributed by atoms with Crippen LogP contribution in [0.2, 0.25) is 0 Å². The van der Waals surface area contributed by atoms with E-state index in [1.807, 2.05) is 12.1 Å². The molecule has 1 aliphatic heterocycles. The van der Waals surface area contributed by atoms with Crippen molar-refractivity contribution in [2.24, 2.45) is 0 Å². The summed E-state index contributed by atoms with van der Waals surface area (Å²) in [6, 6.07) is 14.9. The molecule has 0 atom stereocenters. The zero-order chi connectivity index (χ0) is 18.5. The van der Waals surface area contributed by atoms with Crippen molar-refractivity contribution in [1.82, 2.24) is 15.3 Å². The van der Waals surface area contributed by atoms with E-state index < -0.39 is 0 Å². The van der Waals surface area contributed by atoms with Gasteiger partial charge in [0.15, 0.2) is 0 Å². The first-order chi connectivity index (χ1) is 13.3. The van der Waals surface area contributed by atoms with Crippen LogP contribution in [0.15, 0.2) is 60.9 Å². The SMILES string of the molecule is O=C(NCc1ccc2c(c1)CCCO2)c1ccc(Oc2ncccn2)cc1. The number of hydrogen-bond acceptors (Lipinski definition) is 5. The molecular weight excluding hydrogens is 342 g/mol. The third-order valence-electron chi connectivity index (χ3n) is 4.29. The summed E-state index contributed by atoms with van der Waals surface area (Å²) < 4.78 is 11.1. The van der Waals surface area contributed by atoms with Gasteiger partial charge in [-0.15, -0.1) is 0 Å². The molecule has 1 aromatic heterocycles. The Kier molecular flexibility index (Phi) is 4.96. The number of carbonyl (C=O) groups is 1. The largest absolute Gasteiger partial charge is 0.493 e. The van der Waals surface area contributed by atoms with Crippen molar-refractivity contribution in [3.63, 3.8) is 0 Å². The molecule has 0 bridgehead atoms. The van der Waals surface area contributed by atoms with Crippen molar-refractivity contribution in [1.29, 1.82) is 0 Å². The number of aromatic nitrogens is 2. The maximum atomic E-state index is 12.4. The Balaban J connectivity index is 1.35. The first-order valence-electron chi connectivity index (χ1n) is 8.86. The number of ether oxygens (including phenoxy) is 2. The van der Waals surface area contributed by atoms with Crippen LogP contribution in [0.5, 0.6) is 17.5 Å². The minimum absolute atomic E-state index is 0.133. The van der Waals surface area contributed by atoms with Gasteiger partial charge < -0.3 is 14.8 Å². The molecule has 0 saturated carbocycles. The molecule has 0 unspecified atom stereocenters. The van der Waals surface area contributed by atoms with Crippen molar-refractivity contribution in [3.8, 4) is 17.5 Å². The molecular formula is C21H19N3O3. The van der Waals surface area contributed by atoms with Crippen LogP contribution >= 0.6 is 0 Å². The smallest absolute Gasteiger partial charge is 0.321 e. The Hall–Kier alpha value is -3.41. The molecule has 4 rings (SSSR count). The number of rotatable bonds is 5. The lowest BCUT2D eigenvalue weighted by molar-refractivity contribution is 0.0951. The second-order valence-electron chi connectivity index (χ2n) is 6.23. The fraction of sp³-hybridized carbons (Fsp3) is 0.190.